The summed E-state index contributed by atoms with van der Waals surface area (Å²) in [6.07, 6.45) is 8.70. The van der Waals surface area contributed by atoms with E-state index in [1.807, 2.05) is 55.5 Å². The summed E-state index contributed by atoms with van der Waals surface area (Å²) in [4.78, 5) is 34.8. The van der Waals surface area contributed by atoms with E-state index in [2.05, 4.69) is 265 Å². The van der Waals surface area contributed by atoms with Gasteiger partial charge >= 0.3 is 0 Å². The molecule has 2 aliphatic heterocycles. The van der Waals surface area contributed by atoms with E-state index in [4.69, 9.17) is 29.9 Å². The van der Waals surface area contributed by atoms with Crippen molar-refractivity contribution in [3.8, 4) is 101 Å². The molecule has 0 radical (unpaired) electrons. The molecule has 2 aromatic heterocycles. The lowest BCUT2D eigenvalue weighted by molar-refractivity contribution is 1.04. The van der Waals surface area contributed by atoms with Gasteiger partial charge in [-0.1, -0.05) is 274 Å². The van der Waals surface area contributed by atoms with Gasteiger partial charge in [-0.15, -0.1) is 0 Å². The van der Waals surface area contributed by atoms with E-state index in [0.717, 1.165) is 61.2 Å². The lowest BCUT2D eigenvalue weighted by Crippen LogP contribution is -2.15. The van der Waals surface area contributed by atoms with Crippen molar-refractivity contribution in [2.24, 2.45) is 0 Å². The molecule has 0 fully saturated rings. The van der Waals surface area contributed by atoms with Crippen LogP contribution >= 0.6 is 11.8 Å². The number of nitrogens with zero attached hydrogens (tertiary/aromatic N) is 7. The quantitative estimate of drug-likeness (QED) is 0.119. The van der Waals surface area contributed by atoms with Crippen molar-refractivity contribution >= 4 is 71.8 Å². The third kappa shape index (κ3) is 11.0. The minimum Gasteiger partial charge on any atom is -0.344 e. The molecule has 0 spiro atoms. The van der Waals surface area contributed by atoms with Crippen LogP contribution < -0.4 is 4.90 Å². The van der Waals surface area contributed by atoms with Crippen LogP contribution in [0.25, 0.3) is 150 Å². The van der Waals surface area contributed by atoms with Crippen LogP contribution in [0.3, 0.4) is 0 Å². The lowest BCUT2D eigenvalue weighted by atomic mass is 9.85. The van der Waals surface area contributed by atoms with Crippen LogP contribution in [0.1, 0.15) is 41.9 Å². The zero-order valence-corrected chi connectivity index (χ0v) is 55.8. The van der Waals surface area contributed by atoms with Gasteiger partial charge in [0, 0.05) is 77.9 Å². The molecule has 464 valence electrons. The molecule has 0 unspecified atom stereocenters. The van der Waals surface area contributed by atoms with Gasteiger partial charge in [-0.25, -0.2) is 29.9 Å². The fourth-order valence-corrected chi connectivity index (χ4v) is 15.1. The van der Waals surface area contributed by atoms with Gasteiger partial charge in [0.1, 0.15) is 0 Å². The Morgan fingerprint density at radius 1 is 0.392 bits per heavy atom. The maximum Gasteiger partial charge on any atom is 0.164 e. The Morgan fingerprint density at radius 2 is 0.887 bits per heavy atom. The molecule has 0 saturated heterocycles. The zero-order chi connectivity index (χ0) is 65.8. The summed E-state index contributed by atoms with van der Waals surface area (Å²) in [6.45, 7) is 14.7. The highest BCUT2D eigenvalue weighted by atomic mass is 32.2. The first-order chi connectivity index (χ1) is 47.6. The monoisotopic (exact) mass is 1270 g/mol. The molecule has 0 amide bonds. The Balaban J connectivity index is 0.000000161. The minimum absolute atomic E-state index is 0.575. The molecule has 97 heavy (non-hydrogen) atoms. The fourth-order valence-electron chi connectivity index (χ4n) is 13.9. The summed E-state index contributed by atoms with van der Waals surface area (Å²) in [7, 11) is 2.21. The first kappa shape index (κ1) is 60.2. The largest absolute Gasteiger partial charge is 0.344 e. The van der Waals surface area contributed by atoms with Crippen molar-refractivity contribution in [1.82, 2.24) is 29.9 Å². The molecule has 0 saturated carbocycles. The molecule has 17 rings (SSSR count). The summed E-state index contributed by atoms with van der Waals surface area (Å²) >= 11 is 1.76. The Labute approximate surface area is 570 Å². The molecule has 0 bridgehead atoms. The van der Waals surface area contributed by atoms with E-state index in [1.54, 1.807) is 17.8 Å². The minimum atomic E-state index is 0.575. The highest BCUT2D eigenvalue weighted by Gasteiger charge is 2.27. The highest BCUT2D eigenvalue weighted by Crippen LogP contribution is 2.53. The smallest absolute Gasteiger partial charge is 0.164 e. The van der Waals surface area contributed by atoms with Gasteiger partial charge in [-0.3, -0.25) is 0 Å². The lowest BCUT2D eigenvalue weighted by Gasteiger charge is -2.31. The van der Waals surface area contributed by atoms with Crippen molar-refractivity contribution in [1.29, 1.82) is 0 Å². The molecular formula is C89H67N7S. The number of aryl methyl sites for hydroxylation is 4. The van der Waals surface area contributed by atoms with E-state index in [9.17, 15) is 0 Å². The summed E-state index contributed by atoms with van der Waals surface area (Å²) in [5, 5.41) is 10.1. The van der Waals surface area contributed by atoms with Crippen molar-refractivity contribution < 1.29 is 0 Å². The summed E-state index contributed by atoms with van der Waals surface area (Å²) < 4.78 is 0. The summed E-state index contributed by atoms with van der Waals surface area (Å²) in [6, 6.07) is 89.2. The SMILES string of the molecule is C=C/C(=C\C=C/C)c1nc(-c2ccc(C)cc2)nc(-c2ccc3c4c(cccc24)Sc2cc(-c4nc(-c5ccccc5)nc(-c5ccc(CC)cc5)n4)ccc2-3)n1.Cc1ccc(-c2ccc3c(c2)N(C)c2cccc4c(-c5ccc(C)c6ccccc56)ccc-3c24)c2ccccc12. The van der Waals surface area contributed by atoms with E-state index in [-0.39, 0.29) is 0 Å². The molecule has 0 aliphatic carbocycles. The second kappa shape index (κ2) is 25.2. The van der Waals surface area contributed by atoms with Crippen LogP contribution in [0.5, 0.6) is 0 Å². The highest BCUT2D eigenvalue weighted by molar-refractivity contribution is 7.99. The molecule has 4 heterocycles. The fraction of sp³-hybridized carbons (Fsp3) is 0.0787. The van der Waals surface area contributed by atoms with Gasteiger partial charge in [0.15, 0.2) is 34.9 Å². The number of fused-ring (bicyclic) bond motifs is 6. The molecule has 0 N–H and O–H groups in total. The average molecular weight is 1270 g/mol. The van der Waals surface area contributed by atoms with Gasteiger partial charge in [-0.05, 0) is 152 Å². The van der Waals surface area contributed by atoms with Gasteiger partial charge < -0.3 is 4.90 Å². The topological polar surface area (TPSA) is 80.6 Å². The van der Waals surface area contributed by atoms with Gasteiger partial charge in [0.25, 0.3) is 0 Å². The number of anilines is 2. The van der Waals surface area contributed by atoms with Crippen molar-refractivity contribution in [2.45, 2.75) is 50.8 Å². The first-order valence-electron chi connectivity index (χ1n) is 33.1. The molecule has 15 aromatic rings. The standard InChI is InChI=1S/C50H38N6S.C39H29N/c1-5-8-13-33(7-3)45-51-48(35-22-18-31(4)19-23-35)56-50(55-45)41-29-28-40-38-27-26-37(30-43(38)57-42-17-12-16-39(41)44(40)42)49-53-46(34-14-10-9-11-15-34)52-47(54-49)36-24-20-32(6-2)21-25-36;1-24-15-18-29(30-11-6-4-9-27(24)30)26-17-20-34-36-22-21-33(32-19-16-25(2)28-10-5-7-12-31(28)32)35-13-8-14-37(39(35)36)40(3)38(34)23-26/h5,7-30H,3,6H2,1-2,4H3;4-23H,1-3H3/b8-5-,33-13+;. The van der Waals surface area contributed by atoms with Crippen LogP contribution in [0, 0.1) is 20.8 Å². The average Bonchev–Trinajstić information content (AvgIpc) is 0.732. The van der Waals surface area contributed by atoms with E-state index >= 15 is 0 Å². The van der Waals surface area contributed by atoms with Crippen molar-refractivity contribution in [3.63, 3.8) is 0 Å². The van der Waals surface area contributed by atoms with Gasteiger partial charge in [0.05, 0.1) is 0 Å². The van der Waals surface area contributed by atoms with E-state index < -0.39 is 0 Å². The number of hydrogen-bond acceptors (Lipinski definition) is 8. The van der Waals surface area contributed by atoms with Crippen LogP contribution in [-0.2, 0) is 6.42 Å². The second-order valence-corrected chi connectivity index (χ2v) is 26.1. The summed E-state index contributed by atoms with van der Waals surface area (Å²) in [5.41, 5.74) is 23.1. The third-order valence-corrected chi connectivity index (χ3v) is 20.2. The Kier molecular flexibility index (Phi) is 15.7. The third-order valence-electron chi connectivity index (χ3n) is 19.1. The molecule has 0 atom stereocenters. The predicted molar refractivity (Wildman–Crippen MR) is 407 cm³/mol. The Hall–Kier alpha value is -11.7. The van der Waals surface area contributed by atoms with Crippen LogP contribution in [0.4, 0.5) is 11.4 Å². The van der Waals surface area contributed by atoms with E-state index in [0.29, 0.717) is 34.9 Å². The zero-order valence-electron chi connectivity index (χ0n) is 54.9. The Morgan fingerprint density at radius 3 is 1.58 bits per heavy atom. The van der Waals surface area contributed by atoms with Crippen LogP contribution in [0.2, 0.25) is 0 Å². The molecule has 8 heteroatoms. The number of aromatic nitrogens is 6. The van der Waals surface area contributed by atoms with Crippen LogP contribution in [0.15, 0.2) is 289 Å². The normalized spacial score (nSPS) is 12.3. The maximum absolute atomic E-state index is 5.08. The number of benzene rings is 13. The van der Waals surface area contributed by atoms with Crippen molar-refractivity contribution in [2.75, 3.05) is 11.9 Å². The number of hydrogen-bond donors (Lipinski definition) is 0. The number of allylic oxidation sites excluding steroid dienone is 5. The predicted octanol–water partition coefficient (Wildman–Crippen LogP) is 23.5. The second-order valence-electron chi connectivity index (χ2n) is 25.0. The maximum atomic E-state index is 5.08. The Bertz CT molecular complexity index is 5730. The van der Waals surface area contributed by atoms with Crippen molar-refractivity contribution in [3.05, 3.63) is 308 Å². The van der Waals surface area contributed by atoms with Gasteiger partial charge in [0.2, 0.25) is 0 Å². The van der Waals surface area contributed by atoms with E-state index in [1.165, 1.54) is 110 Å². The number of rotatable bonds is 11. The molecular weight excluding hydrogens is 1200 g/mol. The molecule has 7 nitrogen and oxygen atoms in total. The molecule has 13 aromatic carbocycles. The summed E-state index contributed by atoms with van der Waals surface area (Å²) in [5.74, 6) is 3.74. The molecule has 2 aliphatic rings. The van der Waals surface area contributed by atoms with Gasteiger partial charge in [-0.2, -0.15) is 0 Å². The first-order valence-corrected chi connectivity index (χ1v) is 33.9. The van der Waals surface area contributed by atoms with Crippen LogP contribution in [-0.4, -0.2) is 37.0 Å².